The first-order valence-electron chi connectivity index (χ1n) is 1.83. The van der Waals surface area contributed by atoms with E-state index in [2.05, 4.69) is 6.58 Å². The molecule has 0 heterocycles. The second-order valence-corrected chi connectivity index (χ2v) is 0.853. The van der Waals surface area contributed by atoms with Crippen LogP contribution in [0.2, 0.25) is 0 Å². The van der Waals surface area contributed by atoms with E-state index in [0.717, 1.165) is 0 Å². The molecule has 0 aromatic carbocycles. The SMILES string of the molecule is C=CC(F)F.O=C(O)O. The van der Waals surface area contributed by atoms with Crippen LogP contribution in [0.15, 0.2) is 12.7 Å². The topological polar surface area (TPSA) is 57.5 Å². The number of rotatable bonds is 1. The van der Waals surface area contributed by atoms with Gasteiger partial charge in [0.2, 0.25) is 0 Å². The maximum atomic E-state index is 10.6. The number of carboxylic acid groups (broad SMARTS) is 2. The number of hydrogen-bond acceptors (Lipinski definition) is 1. The Balaban J connectivity index is 0. The van der Waals surface area contributed by atoms with Crippen molar-refractivity contribution in [2.45, 2.75) is 6.43 Å². The van der Waals surface area contributed by atoms with Crippen LogP contribution in [0.1, 0.15) is 0 Å². The van der Waals surface area contributed by atoms with Crippen molar-refractivity contribution in [3.05, 3.63) is 12.7 Å². The maximum Gasteiger partial charge on any atom is 0.503 e. The Labute approximate surface area is 50.2 Å². The summed E-state index contributed by atoms with van der Waals surface area (Å²) in [4.78, 5) is 8.56. The molecule has 0 aliphatic heterocycles. The Hall–Kier alpha value is -1.13. The van der Waals surface area contributed by atoms with Gasteiger partial charge in [-0.3, -0.25) is 0 Å². The van der Waals surface area contributed by atoms with Gasteiger partial charge < -0.3 is 10.2 Å². The molecule has 0 spiro atoms. The normalized spacial score (nSPS) is 7.44. The van der Waals surface area contributed by atoms with Gasteiger partial charge in [0.25, 0.3) is 6.43 Å². The number of allylic oxidation sites excluding steroid dienone is 1. The predicted octanol–water partition coefficient (Wildman–Crippen LogP) is 1.66. The van der Waals surface area contributed by atoms with Gasteiger partial charge in [0.05, 0.1) is 0 Å². The molecule has 0 aromatic heterocycles. The Bertz CT molecular complexity index is 87.8. The molecule has 0 saturated carbocycles. The molecule has 0 atom stereocenters. The van der Waals surface area contributed by atoms with Gasteiger partial charge in [-0.2, -0.15) is 0 Å². The van der Waals surface area contributed by atoms with Gasteiger partial charge in [-0.05, 0) is 6.08 Å². The molecular weight excluding hydrogens is 134 g/mol. The molecule has 0 aromatic rings. The van der Waals surface area contributed by atoms with Crippen molar-refractivity contribution >= 4 is 6.16 Å². The molecule has 0 fully saturated rings. The minimum Gasteiger partial charge on any atom is -0.450 e. The summed E-state index contributed by atoms with van der Waals surface area (Å²) >= 11 is 0. The predicted molar refractivity (Wildman–Crippen MR) is 26.9 cm³/mol. The van der Waals surface area contributed by atoms with Gasteiger partial charge in [0.15, 0.2) is 0 Å². The zero-order chi connectivity index (χ0) is 7.86. The molecular formula is C4H6F2O3. The third kappa shape index (κ3) is 215. The summed E-state index contributed by atoms with van der Waals surface area (Å²) in [6, 6.07) is 0. The molecule has 9 heavy (non-hydrogen) atoms. The summed E-state index contributed by atoms with van der Waals surface area (Å²) in [6.45, 7) is 2.81. The summed E-state index contributed by atoms with van der Waals surface area (Å²) in [6.07, 6.45) is -3.60. The van der Waals surface area contributed by atoms with Crippen molar-refractivity contribution in [3.63, 3.8) is 0 Å². The molecule has 5 heteroatoms. The lowest BCUT2D eigenvalue weighted by molar-refractivity contribution is 0.137. The van der Waals surface area contributed by atoms with Gasteiger partial charge in [-0.15, -0.1) is 0 Å². The van der Waals surface area contributed by atoms with Gasteiger partial charge >= 0.3 is 6.16 Å². The fourth-order valence-corrected chi connectivity index (χ4v) is 0. The van der Waals surface area contributed by atoms with Gasteiger partial charge in [-0.25, -0.2) is 13.6 Å². The van der Waals surface area contributed by atoms with Crippen LogP contribution in [0.5, 0.6) is 0 Å². The lowest BCUT2D eigenvalue weighted by Crippen LogP contribution is -1.81. The minimum atomic E-state index is -2.35. The summed E-state index contributed by atoms with van der Waals surface area (Å²) in [5, 5.41) is 13.9. The Morgan fingerprint density at radius 3 is 1.67 bits per heavy atom. The summed E-state index contributed by atoms with van der Waals surface area (Å²) in [5.74, 6) is 0. The van der Waals surface area contributed by atoms with Crippen molar-refractivity contribution in [3.8, 4) is 0 Å². The van der Waals surface area contributed by atoms with Crippen LogP contribution in [0, 0.1) is 0 Å². The summed E-state index contributed by atoms with van der Waals surface area (Å²) in [5.41, 5.74) is 0. The molecule has 54 valence electrons. The maximum absolute atomic E-state index is 10.6. The molecule has 0 radical (unpaired) electrons. The van der Waals surface area contributed by atoms with Crippen LogP contribution in [0.3, 0.4) is 0 Å². The van der Waals surface area contributed by atoms with Crippen molar-refractivity contribution in [1.29, 1.82) is 0 Å². The van der Waals surface area contributed by atoms with Crippen molar-refractivity contribution in [2.24, 2.45) is 0 Å². The van der Waals surface area contributed by atoms with E-state index in [0.29, 0.717) is 6.08 Å². The number of carbonyl (C=O) groups is 1. The second-order valence-electron chi connectivity index (χ2n) is 0.853. The highest BCUT2D eigenvalue weighted by atomic mass is 19.3. The second kappa shape index (κ2) is 6.87. The van der Waals surface area contributed by atoms with Crippen LogP contribution in [-0.4, -0.2) is 22.8 Å². The number of hydrogen-bond donors (Lipinski definition) is 2. The summed E-state index contributed by atoms with van der Waals surface area (Å²) < 4.78 is 21.3. The first-order valence-corrected chi connectivity index (χ1v) is 1.83. The zero-order valence-corrected chi connectivity index (χ0v) is 4.42. The molecule has 0 aliphatic rings. The smallest absolute Gasteiger partial charge is 0.450 e. The number of alkyl halides is 2. The monoisotopic (exact) mass is 140 g/mol. The highest BCUT2D eigenvalue weighted by molar-refractivity contribution is 5.53. The van der Waals surface area contributed by atoms with E-state index in [1.165, 1.54) is 0 Å². The van der Waals surface area contributed by atoms with Gasteiger partial charge in [-0.1, -0.05) is 6.58 Å². The van der Waals surface area contributed by atoms with Crippen molar-refractivity contribution in [2.75, 3.05) is 0 Å². The third-order valence-electron chi connectivity index (χ3n) is 0.178. The van der Waals surface area contributed by atoms with E-state index in [1.807, 2.05) is 0 Å². The quantitative estimate of drug-likeness (QED) is 0.544. The Kier molecular flexibility index (Phi) is 8.23. The Morgan fingerprint density at radius 2 is 1.67 bits per heavy atom. The standard InChI is InChI=1S/C3H4F2.CH2O3/c1-2-3(4)5;2-1(3)4/h2-3H,1H2;(H2,2,3,4). The molecule has 0 saturated heterocycles. The molecule has 0 bridgehead atoms. The first-order chi connectivity index (χ1) is 4.00. The first kappa shape index (κ1) is 10.8. The molecule has 0 amide bonds. The minimum absolute atomic E-state index is 0.583. The van der Waals surface area contributed by atoms with E-state index in [1.54, 1.807) is 0 Å². The number of halogens is 2. The van der Waals surface area contributed by atoms with Gasteiger partial charge in [0, 0.05) is 0 Å². The van der Waals surface area contributed by atoms with E-state index < -0.39 is 12.6 Å². The lowest BCUT2D eigenvalue weighted by atomic mass is 10.7. The van der Waals surface area contributed by atoms with Crippen molar-refractivity contribution in [1.82, 2.24) is 0 Å². The van der Waals surface area contributed by atoms with Crippen LogP contribution >= 0.6 is 0 Å². The van der Waals surface area contributed by atoms with Crippen LogP contribution in [-0.2, 0) is 0 Å². The van der Waals surface area contributed by atoms with E-state index in [9.17, 15) is 8.78 Å². The molecule has 3 nitrogen and oxygen atoms in total. The fourth-order valence-electron chi connectivity index (χ4n) is 0. The molecule has 0 rings (SSSR count). The highest BCUT2D eigenvalue weighted by Crippen LogP contribution is 1.87. The largest absolute Gasteiger partial charge is 0.503 e. The average molecular weight is 140 g/mol. The van der Waals surface area contributed by atoms with Crippen LogP contribution in [0.4, 0.5) is 13.6 Å². The van der Waals surface area contributed by atoms with Gasteiger partial charge in [0.1, 0.15) is 0 Å². The van der Waals surface area contributed by atoms with E-state index in [4.69, 9.17) is 15.0 Å². The lowest BCUT2D eigenvalue weighted by Gasteiger charge is -1.75. The fraction of sp³-hybridized carbons (Fsp3) is 0.250. The molecule has 0 unspecified atom stereocenters. The van der Waals surface area contributed by atoms with E-state index >= 15 is 0 Å². The molecule has 0 aliphatic carbocycles. The summed E-state index contributed by atoms with van der Waals surface area (Å²) in [7, 11) is 0. The van der Waals surface area contributed by atoms with E-state index in [-0.39, 0.29) is 0 Å². The third-order valence-corrected chi connectivity index (χ3v) is 0.178. The zero-order valence-electron chi connectivity index (χ0n) is 4.42. The highest BCUT2D eigenvalue weighted by Gasteiger charge is 1.85. The van der Waals surface area contributed by atoms with Crippen LogP contribution < -0.4 is 0 Å². The molecule has 2 N–H and O–H groups in total. The Morgan fingerprint density at radius 1 is 1.56 bits per heavy atom. The van der Waals surface area contributed by atoms with Crippen molar-refractivity contribution < 1.29 is 23.8 Å². The average Bonchev–Trinajstić information content (AvgIpc) is 1.65. The van der Waals surface area contributed by atoms with Crippen LogP contribution in [0.25, 0.3) is 0 Å².